The van der Waals surface area contributed by atoms with Gasteiger partial charge in [0.15, 0.2) is 0 Å². The van der Waals surface area contributed by atoms with Crippen LogP contribution in [0.5, 0.6) is 0 Å². The van der Waals surface area contributed by atoms with E-state index >= 15 is 0 Å². The van der Waals surface area contributed by atoms with Crippen molar-refractivity contribution >= 4 is 0 Å². The third-order valence-electron chi connectivity index (χ3n) is 4.19. The highest BCUT2D eigenvalue weighted by Crippen LogP contribution is 2.12. The summed E-state index contributed by atoms with van der Waals surface area (Å²) in [4.78, 5) is 2.61. The van der Waals surface area contributed by atoms with Gasteiger partial charge in [-0.2, -0.15) is 0 Å². The highest BCUT2D eigenvalue weighted by atomic mass is 16.5. The van der Waals surface area contributed by atoms with Gasteiger partial charge in [0.25, 0.3) is 0 Å². The molecule has 2 rings (SSSR count). The summed E-state index contributed by atoms with van der Waals surface area (Å²) in [6, 6.07) is 12.0. The first-order valence-electron chi connectivity index (χ1n) is 8.38. The molecule has 0 saturated carbocycles. The standard InChI is InChI=1S/C18H30N2O/c1-3-11-21-12-7-10-20-15-18(19-14-16(20)2)13-17-8-5-4-6-9-17/h4-6,8-9,16,18-19H,3,7,10-15H2,1-2H3. The lowest BCUT2D eigenvalue weighted by atomic mass is 10.0. The minimum atomic E-state index is 0.570. The molecule has 1 heterocycles. The van der Waals surface area contributed by atoms with Crippen LogP contribution < -0.4 is 5.32 Å². The quantitative estimate of drug-likeness (QED) is 0.745. The van der Waals surface area contributed by atoms with Crippen LogP contribution in [0.3, 0.4) is 0 Å². The maximum Gasteiger partial charge on any atom is 0.0478 e. The van der Waals surface area contributed by atoms with Crippen molar-refractivity contribution in [2.45, 2.75) is 45.2 Å². The predicted molar refractivity (Wildman–Crippen MR) is 88.7 cm³/mol. The molecule has 0 bridgehead atoms. The van der Waals surface area contributed by atoms with Gasteiger partial charge in [-0.1, -0.05) is 37.3 Å². The lowest BCUT2D eigenvalue weighted by molar-refractivity contribution is 0.0973. The number of nitrogens with one attached hydrogen (secondary N) is 1. The van der Waals surface area contributed by atoms with Crippen LogP contribution in [0.15, 0.2) is 30.3 Å². The summed E-state index contributed by atoms with van der Waals surface area (Å²) in [6.45, 7) is 9.65. The van der Waals surface area contributed by atoms with E-state index in [0.717, 1.165) is 52.1 Å². The second-order valence-electron chi connectivity index (χ2n) is 6.10. The van der Waals surface area contributed by atoms with E-state index in [1.807, 2.05) is 0 Å². The van der Waals surface area contributed by atoms with Gasteiger partial charge < -0.3 is 10.1 Å². The average Bonchev–Trinajstić information content (AvgIpc) is 2.51. The second-order valence-corrected chi connectivity index (χ2v) is 6.10. The molecule has 1 fully saturated rings. The molecule has 2 unspecified atom stereocenters. The van der Waals surface area contributed by atoms with Gasteiger partial charge in [0, 0.05) is 44.9 Å². The Hall–Kier alpha value is -0.900. The van der Waals surface area contributed by atoms with Gasteiger partial charge in [-0.15, -0.1) is 0 Å². The predicted octanol–water partition coefficient (Wildman–Crippen LogP) is 2.71. The molecule has 1 aromatic carbocycles. The van der Waals surface area contributed by atoms with Crippen LogP contribution in [0.2, 0.25) is 0 Å². The Bertz CT molecular complexity index is 382. The highest BCUT2D eigenvalue weighted by molar-refractivity contribution is 5.16. The van der Waals surface area contributed by atoms with Gasteiger partial charge in [0.1, 0.15) is 0 Å². The molecule has 1 aromatic rings. The van der Waals surface area contributed by atoms with Crippen LogP contribution in [0, 0.1) is 0 Å². The molecule has 0 spiro atoms. The number of nitrogens with zero attached hydrogens (tertiary/aromatic N) is 1. The molecule has 3 nitrogen and oxygen atoms in total. The smallest absolute Gasteiger partial charge is 0.0478 e. The van der Waals surface area contributed by atoms with Gasteiger partial charge >= 0.3 is 0 Å². The molecule has 0 aromatic heterocycles. The van der Waals surface area contributed by atoms with Crippen molar-refractivity contribution in [1.82, 2.24) is 10.2 Å². The van der Waals surface area contributed by atoms with Crippen molar-refractivity contribution in [2.24, 2.45) is 0 Å². The Labute approximate surface area is 129 Å². The van der Waals surface area contributed by atoms with Crippen LogP contribution >= 0.6 is 0 Å². The zero-order valence-electron chi connectivity index (χ0n) is 13.6. The fraction of sp³-hybridized carbons (Fsp3) is 0.667. The van der Waals surface area contributed by atoms with Crippen LogP contribution in [0.25, 0.3) is 0 Å². The molecule has 1 aliphatic rings. The number of rotatable bonds is 8. The Morgan fingerprint density at radius 3 is 2.81 bits per heavy atom. The van der Waals surface area contributed by atoms with Crippen LogP contribution in [0.4, 0.5) is 0 Å². The lowest BCUT2D eigenvalue weighted by Crippen LogP contribution is -2.56. The Kier molecular flexibility index (Phi) is 7.20. The zero-order chi connectivity index (χ0) is 14.9. The minimum absolute atomic E-state index is 0.570. The minimum Gasteiger partial charge on any atom is -0.381 e. The molecule has 3 heteroatoms. The van der Waals surface area contributed by atoms with Crippen LogP contribution in [-0.4, -0.2) is 49.8 Å². The monoisotopic (exact) mass is 290 g/mol. The molecule has 1 aliphatic heterocycles. The van der Waals surface area contributed by atoms with Crippen molar-refractivity contribution in [3.63, 3.8) is 0 Å². The summed E-state index contributed by atoms with van der Waals surface area (Å²) >= 11 is 0. The SMILES string of the molecule is CCCOCCCN1CC(Cc2ccccc2)NCC1C. The molecule has 0 aliphatic carbocycles. The van der Waals surface area contributed by atoms with Crippen LogP contribution in [-0.2, 0) is 11.2 Å². The van der Waals surface area contributed by atoms with Gasteiger partial charge in [0.05, 0.1) is 0 Å². The first-order chi connectivity index (χ1) is 10.3. The summed E-state index contributed by atoms with van der Waals surface area (Å²) in [5.41, 5.74) is 1.43. The molecule has 1 saturated heterocycles. The number of hydrogen-bond acceptors (Lipinski definition) is 3. The van der Waals surface area contributed by atoms with Crippen LogP contribution in [0.1, 0.15) is 32.3 Å². The van der Waals surface area contributed by atoms with E-state index in [2.05, 4.69) is 54.4 Å². The Morgan fingerprint density at radius 2 is 2.05 bits per heavy atom. The van der Waals surface area contributed by atoms with Gasteiger partial charge in [-0.05, 0) is 31.7 Å². The Balaban J connectivity index is 1.73. The second kappa shape index (κ2) is 9.19. The maximum absolute atomic E-state index is 5.59. The molecular weight excluding hydrogens is 260 g/mol. The molecule has 21 heavy (non-hydrogen) atoms. The van der Waals surface area contributed by atoms with Gasteiger partial charge in [0.2, 0.25) is 0 Å². The molecule has 2 atom stereocenters. The number of hydrogen-bond donors (Lipinski definition) is 1. The third kappa shape index (κ3) is 5.77. The normalized spacial score (nSPS) is 23.3. The van der Waals surface area contributed by atoms with E-state index < -0.39 is 0 Å². The van der Waals surface area contributed by atoms with Crippen molar-refractivity contribution in [1.29, 1.82) is 0 Å². The maximum atomic E-state index is 5.59. The average molecular weight is 290 g/mol. The zero-order valence-corrected chi connectivity index (χ0v) is 13.6. The van der Waals surface area contributed by atoms with Crippen molar-refractivity contribution < 1.29 is 4.74 Å². The molecule has 0 amide bonds. The van der Waals surface area contributed by atoms with E-state index in [-0.39, 0.29) is 0 Å². The summed E-state index contributed by atoms with van der Waals surface area (Å²) < 4.78 is 5.59. The molecular formula is C18H30N2O. The summed E-state index contributed by atoms with van der Waals surface area (Å²) in [5.74, 6) is 0. The number of ether oxygens (including phenoxy) is 1. The fourth-order valence-corrected chi connectivity index (χ4v) is 2.96. The van der Waals surface area contributed by atoms with E-state index in [4.69, 9.17) is 4.74 Å². The first kappa shape index (κ1) is 16.5. The lowest BCUT2D eigenvalue weighted by Gasteiger charge is -2.39. The van der Waals surface area contributed by atoms with Crippen molar-refractivity contribution in [3.8, 4) is 0 Å². The van der Waals surface area contributed by atoms with Gasteiger partial charge in [-0.3, -0.25) is 4.90 Å². The number of piperazine rings is 1. The largest absolute Gasteiger partial charge is 0.381 e. The third-order valence-corrected chi connectivity index (χ3v) is 4.19. The molecule has 0 radical (unpaired) electrons. The van der Waals surface area contributed by atoms with E-state index in [0.29, 0.717) is 12.1 Å². The summed E-state index contributed by atoms with van der Waals surface area (Å²) in [7, 11) is 0. The Morgan fingerprint density at radius 1 is 1.24 bits per heavy atom. The van der Waals surface area contributed by atoms with Crippen molar-refractivity contribution in [2.75, 3.05) is 32.8 Å². The van der Waals surface area contributed by atoms with Gasteiger partial charge in [-0.25, -0.2) is 0 Å². The summed E-state index contributed by atoms with van der Waals surface area (Å²) in [6.07, 6.45) is 3.38. The first-order valence-corrected chi connectivity index (χ1v) is 8.38. The molecule has 118 valence electrons. The van der Waals surface area contributed by atoms with E-state index in [1.54, 1.807) is 0 Å². The topological polar surface area (TPSA) is 24.5 Å². The fourth-order valence-electron chi connectivity index (χ4n) is 2.96. The highest BCUT2D eigenvalue weighted by Gasteiger charge is 2.24. The van der Waals surface area contributed by atoms with Crippen molar-refractivity contribution in [3.05, 3.63) is 35.9 Å². The summed E-state index contributed by atoms with van der Waals surface area (Å²) in [5, 5.41) is 3.69. The number of benzene rings is 1. The molecule has 1 N–H and O–H groups in total. The van der Waals surface area contributed by atoms with E-state index in [1.165, 1.54) is 5.56 Å². The van der Waals surface area contributed by atoms with E-state index in [9.17, 15) is 0 Å².